The average molecular weight is 451 g/mol. The molecule has 1 unspecified atom stereocenters. The van der Waals surface area contributed by atoms with E-state index in [9.17, 15) is 9.90 Å². The lowest BCUT2D eigenvalue weighted by atomic mass is 9.96. The van der Waals surface area contributed by atoms with Gasteiger partial charge in [0.2, 0.25) is 0 Å². The first kappa shape index (κ1) is 23.4. The molecule has 0 radical (unpaired) electrons. The number of allylic oxidation sites excluding steroid dienone is 1. The zero-order chi connectivity index (χ0) is 23.5. The third-order valence-corrected chi connectivity index (χ3v) is 6.47. The Hall–Kier alpha value is -2.79. The Morgan fingerprint density at radius 3 is 2.67 bits per heavy atom. The zero-order valence-corrected chi connectivity index (χ0v) is 20.0. The summed E-state index contributed by atoms with van der Waals surface area (Å²) in [5, 5.41) is 10.7. The van der Waals surface area contributed by atoms with Crippen LogP contribution in [-0.2, 0) is 11.3 Å². The molecule has 33 heavy (non-hydrogen) atoms. The van der Waals surface area contributed by atoms with E-state index in [0.29, 0.717) is 41.1 Å². The summed E-state index contributed by atoms with van der Waals surface area (Å²) in [7, 11) is 1.50. The minimum atomic E-state index is -0.747. The van der Waals surface area contributed by atoms with Crippen molar-refractivity contribution in [3.05, 3.63) is 58.2 Å². The fourth-order valence-electron chi connectivity index (χ4n) is 4.86. The molecule has 0 saturated heterocycles. The highest BCUT2D eigenvalue weighted by Crippen LogP contribution is 2.43. The molecular formula is C28H34O5. The molecular weight excluding hydrogens is 416 g/mol. The number of methoxy groups -OCH3 is 1. The highest BCUT2D eigenvalue weighted by molar-refractivity contribution is 5.96. The van der Waals surface area contributed by atoms with Crippen molar-refractivity contribution in [2.75, 3.05) is 7.11 Å². The Morgan fingerprint density at radius 1 is 1.21 bits per heavy atom. The summed E-state index contributed by atoms with van der Waals surface area (Å²) in [4.78, 5) is 13.0. The lowest BCUT2D eigenvalue weighted by molar-refractivity contribution is 0.0454. The quantitative estimate of drug-likeness (QED) is 0.493. The predicted octanol–water partition coefficient (Wildman–Crippen LogP) is 6.75. The molecule has 1 N–H and O–H groups in total. The number of fused-ring (bicyclic) bond motifs is 2. The van der Waals surface area contributed by atoms with Gasteiger partial charge in [-0.15, -0.1) is 0 Å². The third kappa shape index (κ3) is 5.09. The van der Waals surface area contributed by atoms with Crippen LogP contribution in [0.15, 0.2) is 30.3 Å². The zero-order valence-electron chi connectivity index (χ0n) is 20.0. The number of rotatable bonds is 6. The Labute approximate surface area is 196 Å². The highest BCUT2D eigenvalue weighted by Gasteiger charge is 2.29. The normalized spacial score (nSPS) is 17.2. The third-order valence-electron chi connectivity index (χ3n) is 6.47. The number of aliphatic hydroxyl groups is 1. The minimum Gasteiger partial charge on any atom is -0.495 e. The van der Waals surface area contributed by atoms with Crippen LogP contribution in [0.2, 0.25) is 0 Å². The first-order valence-corrected chi connectivity index (χ1v) is 11.9. The van der Waals surface area contributed by atoms with Crippen molar-refractivity contribution in [3.63, 3.8) is 0 Å². The second-order valence-corrected chi connectivity index (χ2v) is 9.63. The fraction of sp³-hybridized carbons (Fsp3) is 0.464. The van der Waals surface area contributed by atoms with Gasteiger partial charge in [0.15, 0.2) is 0 Å². The molecule has 1 saturated carbocycles. The van der Waals surface area contributed by atoms with E-state index in [1.54, 1.807) is 12.1 Å². The van der Waals surface area contributed by atoms with Gasteiger partial charge in [0.1, 0.15) is 29.4 Å². The summed E-state index contributed by atoms with van der Waals surface area (Å²) in [6.07, 6.45) is 9.25. The van der Waals surface area contributed by atoms with Gasteiger partial charge < -0.3 is 19.3 Å². The number of aryl methyl sites for hydroxylation is 1. The van der Waals surface area contributed by atoms with E-state index >= 15 is 0 Å². The van der Waals surface area contributed by atoms with Gasteiger partial charge in [0.05, 0.1) is 13.2 Å². The standard InChI is InChI=1S/C28H34O5/c1-17(2)13-23(29)22-11-12-24-25(27(22)31-4)28(30)32-16-21-15-18(3)14-20(26(21)33-24)10-9-19-7-5-6-8-19/h9-12,14-15,17,19,23,29H,5-8,13,16H2,1-4H3. The van der Waals surface area contributed by atoms with E-state index in [2.05, 4.69) is 18.2 Å². The summed E-state index contributed by atoms with van der Waals surface area (Å²) < 4.78 is 17.7. The SMILES string of the molecule is COc1c(C(O)CC(C)C)ccc2c1C(=O)OCc1cc(C)cc(C=CC3CCCC3)c1O2. The molecule has 5 nitrogen and oxygen atoms in total. The first-order chi connectivity index (χ1) is 15.9. The predicted molar refractivity (Wildman–Crippen MR) is 129 cm³/mol. The number of hydrogen-bond acceptors (Lipinski definition) is 5. The topological polar surface area (TPSA) is 65.0 Å². The van der Waals surface area contributed by atoms with Crippen LogP contribution < -0.4 is 9.47 Å². The number of esters is 1. The van der Waals surface area contributed by atoms with Crippen molar-refractivity contribution in [3.8, 4) is 17.2 Å². The Bertz CT molecular complexity index is 1050. The maximum absolute atomic E-state index is 13.0. The molecule has 1 aliphatic heterocycles. The van der Waals surface area contributed by atoms with Gasteiger partial charge in [-0.05, 0) is 67.9 Å². The summed E-state index contributed by atoms with van der Waals surface area (Å²) in [5.41, 5.74) is 3.68. The Morgan fingerprint density at radius 2 is 1.97 bits per heavy atom. The molecule has 0 aromatic heterocycles. The number of carbonyl (C=O) groups is 1. The second-order valence-electron chi connectivity index (χ2n) is 9.63. The van der Waals surface area contributed by atoms with Crippen molar-refractivity contribution < 1.29 is 24.1 Å². The summed E-state index contributed by atoms with van der Waals surface area (Å²) in [6.45, 7) is 6.23. The van der Waals surface area contributed by atoms with Gasteiger partial charge in [0.25, 0.3) is 0 Å². The molecule has 2 aliphatic rings. The van der Waals surface area contributed by atoms with Crippen LogP contribution in [0.1, 0.15) is 84.7 Å². The molecule has 0 spiro atoms. The number of ether oxygens (including phenoxy) is 3. The van der Waals surface area contributed by atoms with Crippen molar-refractivity contribution in [2.24, 2.45) is 11.8 Å². The van der Waals surface area contributed by atoms with E-state index in [1.165, 1.54) is 32.8 Å². The average Bonchev–Trinajstić information content (AvgIpc) is 3.29. The molecule has 5 heteroatoms. The molecule has 0 amide bonds. The minimum absolute atomic E-state index is 0.113. The number of carbonyl (C=O) groups excluding carboxylic acids is 1. The van der Waals surface area contributed by atoms with Crippen molar-refractivity contribution in [2.45, 2.75) is 65.6 Å². The molecule has 0 bridgehead atoms. The molecule has 176 valence electrons. The number of benzene rings is 2. The van der Waals surface area contributed by atoms with Gasteiger partial charge in [-0.1, -0.05) is 38.8 Å². The van der Waals surface area contributed by atoms with E-state index in [0.717, 1.165) is 16.7 Å². The molecule has 1 fully saturated rings. The van der Waals surface area contributed by atoms with E-state index in [1.807, 2.05) is 26.8 Å². The van der Waals surface area contributed by atoms with E-state index < -0.39 is 12.1 Å². The number of hydrogen-bond donors (Lipinski definition) is 1. The van der Waals surface area contributed by atoms with Crippen LogP contribution in [0.4, 0.5) is 0 Å². The first-order valence-electron chi connectivity index (χ1n) is 11.9. The second kappa shape index (κ2) is 10.0. The van der Waals surface area contributed by atoms with E-state index in [4.69, 9.17) is 14.2 Å². The van der Waals surface area contributed by atoms with Crippen LogP contribution in [0.25, 0.3) is 6.08 Å². The fourth-order valence-corrected chi connectivity index (χ4v) is 4.86. The molecule has 2 aromatic rings. The lowest BCUT2D eigenvalue weighted by Gasteiger charge is -2.24. The maximum Gasteiger partial charge on any atom is 0.346 e. The summed E-state index contributed by atoms with van der Waals surface area (Å²) in [5.74, 6) is 1.75. The van der Waals surface area contributed by atoms with Gasteiger partial charge in [-0.3, -0.25) is 0 Å². The lowest BCUT2D eigenvalue weighted by Crippen LogP contribution is -2.15. The van der Waals surface area contributed by atoms with Crippen LogP contribution in [-0.4, -0.2) is 18.2 Å². The highest BCUT2D eigenvalue weighted by atomic mass is 16.5. The Kier molecular flexibility index (Phi) is 7.08. The van der Waals surface area contributed by atoms with E-state index in [-0.39, 0.29) is 12.2 Å². The summed E-state index contributed by atoms with van der Waals surface area (Å²) in [6, 6.07) is 7.61. The van der Waals surface area contributed by atoms with Gasteiger partial charge in [0, 0.05) is 16.7 Å². The molecule has 1 atom stereocenters. The smallest absolute Gasteiger partial charge is 0.346 e. The molecule has 2 aromatic carbocycles. The van der Waals surface area contributed by atoms with Crippen molar-refractivity contribution >= 4 is 12.0 Å². The van der Waals surface area contributed by atoms with Crippen LogP contribution >= 0.6 is 0 Å². The number of aliphatic hydroxyl groups excluding tert-OH is 1. The van der Waals surface area contributed by atoms with Gasteiger partial charge >= 0.3 is 5.97 Å². The monoisotopic (exact) mass is 450 g/mol. The van der Waals surface area contributed by atoms with Gasteiger partial charge in [-0.25, -0.2) is 4.79 Å². The van der Waals surface area contributed by atoms with Crippen LogP contribution in [0.5, 0.6) is 17.2 Å². The molecule has 4 rings (SSSR count). The number of cyclic esters (lactones) is 1. The molecule has 1 aliphatic carbocycles. The molecule has 1 heterocycles. The van der Waals surface area contributed by atoms with Crippen molar-refractivity contribution in [1.29, 1.82) is 0 Å². The summed E-state index contributed by atoms with van der Waals surface area (Å²) >= 11 is 0. The van der Waals surface area contributed by atoms with Crippen LogP contribution in [0, 0.1) is 18.8 Å². The largest absolute Gasteiger partial charge is 0.495 e. The van der Waals surface area contributed by atoms with Crippen LogP contribution in [0.3, 0.4) is 0 Å². The van der Waals surface area contributed by atoms with Gasteiger partial charge in [-0.2, -0.15) is 0 Å². The maximum atomic E-state index is 13.0. The Balaban J connectivity index is 1.77. The van der Waals surface area contributed by atoms with Crippen molar-refractivity contribution in [1.82, 2.24) is 0 Å².